The van der Waals surface area contributed by atoms with Gasteiger partial charge < -0.3 is 19.5 Å². The van der Waals surface area contributed by atoms with E-state index in [0.29, 0.717) is 22.8 Å². The number of hydrogen-bond donors (Lipinski definition) is 1. The number of nitrogens with one attached hydrogen (secondary N) is 1. The molecule has 10 heteroatoms. The standard InChI is InChI=1S/C16H14N2O7S/c1-9(10-2-3-11-12(6-10)25-8-24-11)17-14(19)7-23-16(20)13-4-5-15(26-13)18(21)22/h2-6,9H,7-8H2,1H3,(H,17,19)/t9-/m1/s1. The molecule has 0 unspecified atom stereocenters. The topological polar surface area (TPSA) is 117 Å². The minimum Gasteiger partial charge on any atom is -0.454 e. The molecule has 1 N–H and O–H groups in total. The number of carbonyl (C=O) groups is 2. The highest BCUT2D eigenvalue weighted by Crippen LogP contribution is 2.34. The lowest BCUT2D eigenvalue weighted by atomic mass is 10.1. The molecule has 1 atom stereocenters. The molecule has 1 aromatic heterocycles. The van der Waals surface area contributed by atoms with E-state index in [2.05, 4.69) is 5.32 Å². The number of carbonyl (C=O) groups excluding carboxylic acids is 2. The van der Waals surface area contributed by atoms with Crippen molar-refractivity contribution in [2.45, 2.75) is 13.0 Å². The van der Waals surface area contributed by atoms with Gasteiger partial charge in [-0.2, -0.15) is 0 Å². The van der Waals surface area contributed by atoms with Crippen LogP contribution in [0.4, 0.5) is 5.00 Å². The Kier molecular flexibility index (Phi) is 5.03. The molecule has 0 saturated heterocycles. The van der Waals surface area contributed by atoms with Gasteiger partial charge in [-0.25, -0.2) is 4.79 Å². The number of nitrogens with zero attached hydrogens (tertiary/aromatic N) is 1. The quantitative estimate of drug-likeness (QED) is 0.466. The van der Waals surface area contributed by atoms with E-state index in [4.69, 9.17) is 14.2 Å². The Balaban J connectivity index is 1.51. The molecular formula is C16H14N2O7S. The second-order valence-corrected chi connectivity index (χ2v) is 6.44. The Morgan fingerprint density at radius 3 is 2.81 bits per heavy atom. The zero-order valence-electron chi connectivity index (χ0n) is 13.6. The molecule has 2 aromatic rings. The maximum atomic E-state index is 12.0. The normalized spacial score (nSPS) is 13.1. The highest BCUT2D eigenvalue weighted by Gasteiger charge is 2.19. The zero-order valence-corrected chi connectivity index (χ0v) is 14.4. The highest BCUT2D eigenvalue weighted by molar-refractivity contribution is 7.17. The Morgan fingerprint density at radius 2 is 2.08 bits per heavy atom. The Labute approximate surface area is 151 Å². The van der Waals surface area contributed by atoms with Gasteiger partial charge >= 0.3 is 11.0 Å². The van der Waals surface area contributed by atoms with Crippen LogP contribution in [0, 0.1) is 10.1 Å². The maximum Gasteiger partial charge on any atom is 0.349 e. The van der Waals surface area contributed by atoms with E-state index in [1.807, 2.05) is 0 Å². The molecule has 3 rings (SSSR count). The van der Waals surface area contributed by atoms with Gasteiger partial charge in [-0.3, -0.25) is 14.9 Å². The van der Waals surface area contributed by atoms with Crippen molar-refractivity contribution in [2.24, 2.45) is 0 Å². The number of benzene rings is 1. The van der Waals surface area contributed by atoms with Crippen molar-refractivity contribution >= 4 is 28.2 Å². The van der Waals surface area contributed by atoms with Crippen molar-refractivity contribution in [1.82, 2.24) is 5.32 Å². The summed E-state index contributed by atoms with van der Waals surface area (Å²) in [5, 5.41) is 13.1. The van der Waals surface area contributed by atoms with Crippen LogP contribution in [-0.2, 0) is 9.53 Å². The van der Waals surface area contributed by atoms with Gasteiger partial charge in [0.1, 0.15) is 4.88 Å². The number of nitro groups is 1. The smallest absolute Gasteiger partial charge is 0.349 e. The van der Waals surface area contributed by atoms with Crippen molar-refractivity contribution in [2.75, 3.05) is 13.4 Å². The van der Waals surface area contributed by atoms with E-state index in [9.17, 15) is 19.7 Å². The number of esters is 1. The largest absolute Gasteiger partial charge is 0.454 e. The summed E-state index contributed by atoms with van der Waals surface area (Å²) in [5.74, 6) is -0.0240. The molecule has 0 aliphatic carbocycles. The van der Waals surface area contributed by atoms with E-state index in [-0.39, 0.29) is 22.7 Å². The molecular weight excluding hydrogens is 364 g/mol. The molecule has 136 valence electrons. The van der Waals surface area contributed by atoms with E-state index in [1.54, 1.807) is 25.1 Å². The number of thiophene rings is 1. The fourth-order valence-electron chi connectivity index (χ4n) is 2.29. The average molecular weight is 378 g/mol. The summed E-state index contributed by atoms with van der Waals surface area (Å²) in [6.45, 7) is 1.45. The SMILES string of the molecule is C[C@@H](NC(=O)COC(=O)c1ccc([N+](=O)[O-])s1)c1ccc2c(c1)OCO2. The van der Waals surface area contributed by atoms with Crippen LogP contribution in [0.1, 0.15) is 28.2 Å². The number of ether oxygens (including phenoxy) is 3. The predicted octanol–water partition coefficient (Wildman–Crippen LogP) is 2.42. The Morgan fingerprint density at radius 1 is 1.31 bits per heavy atom. The number of rotatable bonds is 6. The molecule has 26 heavy (non-hydrogen) atoms. The average Bonchev–Trinajstić information content (AvgIpc) is 3.28. The van der Waals surface area contributed by atoms with Gasteiger partial charge in [-0.15, -0.1) is 0 Å². The van der Waals surface area contributed by atoms with Gasteiger partial charge in [0.25, 0.3) is 5.91 Å². The van der Waals surface area contributed by atoms with Crippen LogP contribution in [0.15, 0.2) is 30.3 Å². The van der Waals surface area contributed by atoms with Crippen molar-refractivity contribution in [3.63, 3.8) is 0 Å². The molecule has 1 amide bonds. The van der Waals surface area contributed by atoms with E-state index >= 15 is 0 Å². The number of hydrogen-bond acceptors (Lipinski definition) is 8. The van der Waals surface area contributed by atoms with Gasteiger partial charge in [-0.1, -0.05) is 17.4 Å². The van der Waals surface area contributed by atoms with E-state index in [1.165, 1.54) is 12.1 Å². The van der Waals surface area contributed by atoms with Crippen LogP contribution >= 0.6 is 11.3 Å². The first-order valence-corrected chi connectivity index (χ1v) is 8.36. The van der Waals surface area contributed by atoms with Gasteiger partial charge in [0.15, 0.2) is 18.1 Å². The van der Waals surface area contributed by atoms with Crippen molar-refractivity contribution in [3.8, 4) is 11.5 Å². The second-order valence-electron chi connectivity index (χ2n) is 5.37. The third-order valence-electron chi connectivity index (χ3n) is 3.58. The van der Waals surface area contributed by atoms with Crippen LogP contribution in [0.5, 0.6) is 11.5 Å². The molecule has 2 heterocycles. The van der Waals surface area contributed by atoms with Crippen LogP contribution in [0.3, 0.4) is 0 Å². The van der Waals surface area contributed by atoms with Gasteiger partial charge in [0, 0.05) is 6.07 Å². The third kappa shape index (κ3) is 3.91. The van der Waals surface area contributed by atoms with Gasteiger partial charge in [0.2, 0.25) is 6.79 Å². The molecule has 9 nitrogen and oxygen atoms in total. The lowest BCUT2D eigenvalue weighted by Crippen LogP contribution is -2.31. The summed E-state index contributed by atoms with van der Waals surface area (Å²) in [7, 11) is 0. The van der Waals surface area contributed by atoms with Crippen LogP contribution < -0.4 is 14.8 Å². The van der Waals surface area contributed by atoms with E-state index in [0.717, 1.165) is 5.56 Å². The molecule has 1 aliphatic heterocycles. The van der Waals surface area contributed by atoms with Crippen LogP contribution in [0.2, 0.25) is 0 Å². The van der Waals surface area contributed by atoms with Gasteiger partial charge in [-0.05, 0) is 30.7 Å². The molecule has 0 fully saturated rings. The Hall–Kier alpha value is -3.14. The van der Waals surface area contributed by atoms with E-state index < -0.39 is 23.4 Å². The fourth-order valence-corrected chi connectivity index (χ4v) is 3.00. The Bertz CT molecular complexity index is 864. The lowest BCUT2D eigenvalue weighted by molar-refractivity contribution is -0.380. The fraction of sp³-hybridized carbons (Fsp3) is 0.250. The highest BCUT2D eigenvalue weighted by atomic mass is 32.1. The molecule has 1 aromatic carbocycles. The van der Waals surface area contributed by atoms with Crippen LogP contribution in [0.25, 0.3) is 0 Å². The first-order valence-electron chi connectivity index (χ1n) is 7.54. The monoisotopic (exact) mass is 378 g/mol. The summed E-state index contributed by atoms with van der Waals surface area (Å²) >= 11 is 0.692. The van der Waals surface area contributed by atoms with Crippen molar-refractivity contribution < 1.29 is 28.7 Å². The summed E-state index contributed by atoms with van der Waals surface area (Å²) in [6, 6.07) is 7.49. The summed E-state index contributed by atoms with van der Waals surface area (Å²) in [5.41, 5.74) is 0.808. The molecule has 0 bridgehead atoms. The zero-order chi connectivity index (χ0) is 18.7. The third-order valence-corrected chi connectivity index (χ3v) is 4.60. The lowest BCUT2D eigenvalue weighted by Gasteiger charge is -2.14. The first kappa shape index (κ1) is 17.7. The van der Waals surface area contributed by atoms with Crippen LogP contribution in [-0.4, -0.2) is 30.2 Å². The minimum atomic E-state index is -0.783. The summed E-state index contributed by atoms with van der Waals surface area (Å²) in [6.07, 6.45) is 0. The minimum absolute atomic E-state index is 0.0633. The van der Waals surface area contributed by atoms with Crippen molar-refractivity contribution in [1.29, 1.82) is 0 Å². The molecule has 0 radical (unpaired) electrons. The maximum absolute atomic E-state index is 12.0. The second kappa shape index (κ2) is 7.40. The first-order chi connectivity index (χ1) is 12.4. The number of amides is 1. The number of fused-ring (bicyclic) bond motifs is 1. The van der Waals surface area contributed by atoms with Gasteiger partial charge in [0.05, 0.1) is 11.0 Å². The summed E-state index contributed by atoms with van der Waals surface area (Å²) in [4.78, 5) is 33.9. The van der Waals surface area contributed by atoms with Crippen molar-refractivity contribution in [3.05, 3.63) is 50.9 Å². The summed E-state index contributed by atoms with van der Waals surface area (Å²) < 4.78 is 15.4. The molecule has 0 spiro atoms. The molecule has 1 aliphatic rings. The molecule has 0 saturated carbocycles. The predicted molar refractivity (Wildman–Crippen MR) is 90.4 cm³/mol.